The van der Waals surface area contributed by atoms with Gasteiger partial charge in [0.15, 0.2) is 0 Å². The van der Waals surface area contributed by atoms with Gasteiger partial charge in [-0.1, -0.05) is 76.6 Å². The van der Waals surface area contributed by atoms with Gasteiger partial charge in [-0.3, -0.25) is 9.59 Å². The Bertz CT molecular complexity index is 1370. The molecular formula is C27H21BrN2O3. The lowest BCUT2D eigenvalue weighted by Gasteiger charge is -2.25. The number of fused-ring (bicyclic) bond motifs is 1. The fourth-order valence-corrected chi connectivity index (χ4v) is 4.70. The third kappa shape index (κ3) is 3.87. The van der Waals surface area contributed by atoms with E-state index in [4.69, 9.17) is 0 Å². The molecule has 0 bridgehead atoms. The fourth-order valence-electron chi connectivity index (χ4n) is 4.44. The Hall–Kier alpha value is -3.64. The second-order valence-corrected chi connectivity index (χ2v) is 8.94. The number of halogens is 1. The van der Waals surface area contributed by atoms with Gasteiger partial charge in [-0.15, -0.1) is 0 Å². The first-order chi connectivity index (χ1) is 16.0. The molecule has 1 amide bonds. The van der Waals surface area contributed by atoms with E-state index in [-0.39, 0.29) is 11.3 Å². The number of Topliss-reactive ketones (excluding diaryl/α,β-unsaturated/α-hetero) is 1. The molecule has 1 saturated heterocycles. The number of para-hydroxylation sites is 1. The number of hydrogen-bond donors (Lipinski definition) is 2. The van der Waals surface area contributed by atoms with Crippen LogP contribution >= 0.6 is 15.9 Å². The molecule has 1 fully saturated rings. The number of rotatable bonds is 5. The summed E-state index contributed by atoms with van der Waals surface area (Å²) in [6.45, 7) is 0.350. The van der Waals surface area contributed by atoms with Crippen LogP contribution in [0.4, 0.5) is 0 Å². The number of aromatic amines is 1. The number of aliphatic hydroxyl groups is 1. The topological polar surface area (TPSA) is 73.4 Å². The average molecular weight is 501 g/mol. The highest BCUT2D eigenvalue weighted by atomic mass is 79.9. The van der Waals surface area contributed by atoms with Gasteiger partial charge in [0.25, 0.3) is 11.7 Å². The van der Waals surface area contributed by atoms with Crippen LogP contribution in [0.2, 0.25) is 0 Å². The Labute approximate surface area is 199 Å². The van der Waals surface area contributed by atoms with Crippen molar-refractivity contribution in [1.29, 1.82) is 0 Å². The molecule has 1 aliphatic rings. The number of amides is 1. The number of ketones is 1. The summed E-state index contributed by atoms with van der Waals surface area (Å²) in [7, 11) is 0. The third-order valence-corrected chi connectivity index (χ3v) is 6.60. The Morgan fingerprint density at radius 1 is 0.939 bits per heavy atom. The van der Waals surface area contributed by atoms with E-state index >= 15 is 0 Å². The zero-order valence-electron chi connectivity index (χ0n) is 17.7. The van der Waals surface area contributed by atoms with E-state index in [1.54, 1.807) is 29.2 Å². The number of nitrogens with zero attached hydrogens (tertiary/aromatic N) is 1. The monoisotopic (exact) mass is 500 g/mol. The Morgan fingerprint density at radius 3 is 2.39 bits per heavy atom. The summed E-state index contributed by atoms with van der Waals surface area (Å²) in [5.74, 6) is -1.42. The lowest BCUT2D eigenvalue weighted by molar-refractivity contribution is -0.139. The van der Waals surface area contributed by atoms with Gasteiger partial charge in [0.1, 0.15) is 5.76 Å². The van der Waals surface area contributed by atoms with Crippen molar-refractivity contribution in [3.05, 3.63) is 112 Å². The van der Waals surface area contributed by atoms with Crippen LogP contribution in [-0.2, 0) is 16.0 Å². The zero-order chi connectivity index (χ0) is 22.9. The summed E-state index contributed by atoms with van der Waals surface area (Å²) in [4.78, 5) is 31.1. The van der Waals surface area contributed by atoms with E-state index in [0.29, 0.717) is 18.5 Å². The van der Waals surface area contributed by atoms with Crippen molar-refractivity contribution >= 4 is 44.3 Å². The van der Waals surface area contributed by atoms with Crippen molar-refractivity contribution in [2.45, 2.75) is 12.5 Å². The first-order valence-corrected chi connectivity index (χ1v) is 11.5. The summed E-state index contributed by atoms with van der Waals surface area (Å²) in [6, 6.07) is 23.8. The number of carbonyl (C=O) groups excluding carboxylic acids is 2. The summed E-state index contributed by atoms with van der Waals surface area (Å²) < 4.78 is 0.859. The van der Waals surface area contributed by atoms with Gasteiger partial charge >= 0.3 is 0 Å². The Kier molecular flexibility index (Phi) is 5.60. The largest absolute Gasteiger partial charge is 0.507 e. The maximum Gasteiger partial charge on any atom is 0.295 e. The summed E-state index contributed by atoms with van der Waals surface area (Å²) in [6.07, 6.45) is 2.53. The lowest BCUT2D eigenvalue weighted by atomic mass is 9.95. The van der Waals surface area contributed by atoms with Gasteiger partial charge in [-0.2, -0.15) is 0 Å². The Balaban J connectivity index is 1.55. The van der Waals surface area contributed by atoms with Crippen LogP contribution in [0.5, 0.6) is 0 Å². The van der Waals surface area contributed by atoms with Gasteiger partial charge in [-0.25, -0.2) is 0 Å². The van der Waals surface area contributed by atoms with Gasteiger partial charge < -0.3 is 15.0 Å². The maximum absolute atomic E-state index is 13.1. The third-order valence-electron chi connectivity index (χ3n) is 6.07. The van der Waals surface area contributed by atoms with E-state index in [0.717, 1.165) is 26.5 Å². The normalized spacial score (nSPS) is 17.7. The van der Waals surface area contributed by atoms with Crippen LogP contribution < -0.4 is 0 Å². The zero-order valence-corrected chi connectivity index (χ0v) is 19.2. The van der Waals surface area contributed by atoms with Crippen molar-refractivity contribution in [2.75, 3.05) is 6.54 Å². The van der Waals surface area contributed by atoms with Gasteiger partial charge in [0, 0.05) is 33.7 Å². The highest BCUT2D eigenvalue weighted by molar-refractivity contribution is 9.10. The molecule has 2 heterocycles. The summed E-state index contributed by atoms with van der Waals surface area (Å²) in [5.41, 5.74) is 3.51. The number of hydrogen-bond acceptors (Lipinski definition) is 3. The van der Waals surface area contributed by atoms with E-state index in [2.05, 4.69) is 20.9 Å². The molecule has 164 valence electrons. The number of aromatic nitrogens is 1. The number of nitrogens with one attached hydrogen (secondary N) is 1. The van der Waals surface area contributed by atoms with E-state index < -0.39 is 17.7 Å². The molecule has 33 heavy (non-hydrogen) atoms. The molecule has 6 heteroatoms. The fraction of sp³-hybridized carbons (Fsp3) is 0.111. The molecule has 1 aliphatic heterocycles. The van der Waals surface area contributed by atoms with Crippen molar-refractivity contribution in [2.24, 2.45) is 0 Å². The van der Waals surface area contributed by atoms with E-state index in [1.807, 2.05) is 60.8 Å². The maximum atomic E-state index is 13.1. The first kappa shape index (κ1) is 21.2. The van der Waals surface area contributed by atoms with Crippen molar-refractivity contribution < 1.29 is 14.7 Å². The van der Waals surface area contributed by atoms with Gasteiger partial charge in [-0.05, 0) is 35.7 Å². The van der Waals surface area contributed by atoms with Gasteiger partial charge in [0.05, 0.1) is 11.6 Å². The average Bonchev–Trinajstić information content (AvgIpc) is 3.37. The number of aliphatic hydroxyl groups excluding tert-OH is 1. The molecular weight excluding hydrogens is 480 g/mol. The quantitative estimate of drug-likeness (QED) is 0.213. The van der Waals surface area contributed by atoms with Crippen LogP contribution in [-0.4, -0.2) is 33.2 Å². The van der Waals surface area contributed by atoms with Crippen LogP contribution in [0.1, 0.15) is 22.7 Å². The molecule has 2 N–H and O–H groups in total. The molecule has 0 unspecified atom stereocenters. The highest BCUT2D eigenvalue weighted by Gasteiger charge is 2.45. The van der Waals surface area contributed by atoms with E-state index in [9.17, 15) is 14.7 Å². The minimum atomic E-state index is -0.664. The second-order valence-electron chi connectivity index (χ2n) is 8.02. The molecule has 0 saturated carbocycles. The molecule has 4 aromatic rings. The van der Waals surface area contributed by atoms with Crippen molar-refractivity contribution in [3.8, 4) is 0 Å². The smallest absolute Gasteiger partial charge is 0.295 e. The predicted molar refractivity (Wildman–Crippen MR) is 132 cm³/mol. The highest BCUT2D eigenvalue weighted by Crippen LogP contribution is 2.39. The lowest BCUT2D eigenvalue weighted by Crippen LogP contribution is -2.31. The number of likely N-dealkylation sites (tertiary alicyclic amines) is 1. The standard InChI is InChI=1S/C27H21BrN2O3/c28-20-12-10-18(11-13-20)25(31)23-24(17-6-2-1-3-7-17)30(27(33)26(23)32)15-14-19-16-29-22-9-5-4-8-21(19)22/h1-13,16,24,29,31H,14-15H2/t24-/m0/s1. The molecule has 3 aromatic carbocycles. The molecule has 5 nitrogen and oxygen atoms in total. The van der Waals surface area contributed by atoms with Crippen LogP contribution in [0, 0.1) is 0 Å². The molecule has 1 aromatic heterocycles. The molecule has 0 spiro atoms. The summed E-state index contributed by atoms with van der Waals surface area (Å²) >= 11 is 3.38. The van der Waals surface area contributed by atoms with Crippen molar-refractivity contribution in [3.63, 3.8) is 0 Å². The SMILES string of the molecule is O=C1C(=O)N(CCc2c[nH]c3ccccc23)[C@@H](c2ccccc2)C1=C(O)c1ccc(Br)cc1. The van der Waals surface area contributed by atoms with Crippen LogP contribution in [0.25, 0.3) is 16.7 Å². The minimum Gasteiger partial charge on any atom is -0.507 e. The van der Waals surface area contributed by atoms with Crippen LogP contribution in [0.15, 0.2) is 95.1 Å². The molecule has 0 aliphatic carbocycles. The molecule has 0 radical (unpaired) electrons. The number of H-pyrrole nitrogens is 1. The Morgan fingerprint density at radius 2 is 1.64 bits per heavy atom. The van der Waals surface area contributed by atoms with Crippen molar-refractivity contribution in [1.82, 2.24) is 9.88 Å². The summed E-state index contributed by atoms with van der Waals surface area (Å²) in [5, 5.41) is 12.2. The molecule has 5 rings (SSSR count). The second kappa shape index (κ2) is 8.71. The van der Waals surface area contributed by atoms with Gasteiger partial charge in [0.2, 0.25) is 0 Å². The minimum absolute atomic E-state index is 0.118. The number of carbonyl (C=O) groups is 2. The van der Waals surface area contributed by atoms with E-state index in [1.165, 1.54) is 0 Å². The molecule has 1 atom stereocenters. The predicted octanol–water partition coefficient (Wildman–Crippen LogP) is 5.59. The van der Waals surface area contributed by atoms with Crippen LogP contribution in [0.3, 0.4) is 0 Å². The first-order valence-electron chi connectivity index (χ1n) is 10.7. The number of benzene rings is 3.